The van der Waals surface area contributed by atoms with E-state index in [0.717, 1.165) is 64.2 Å². The summed E-state index contributed by atoms with van der Waals surface area (Å²) >= 11 is 0. The van der Waals surface area contributed by atoms with Crippen LogP contribution in [0.15, 0.2) is 24.3 Å². The van der Waals surface area contributed by atoms with Crippen LogP contribution in [0.3, 0.4) is 0 Å². The van der Waals surface area contributed by atoms with Crippen molar-refractivity contribution >= 4 is 19.8 Å². The van der Waals surface area contributed by atoms with E-state index in [0.29, 0.717) is 12.8 Å². The lowest BCUT2D eigenvalue weighted by Crippen LogP contribution is -2.64. The number of phosphoric ester groups is 1. The maximum Gasteiger partial charge on any atom is 0.472 e. The number of aliphatic hydroxyl groups is 5. The van der Waals surface area contributed by atoms with Crippen molar-refractivity contribution in [3.63, 3.8) is 0 Å². The van der Waals surface area contributed by atoms with Gasteiger partial charge in [0.05, 0.1) is 6.61 Å². The van der Waals surface area contributed by atoms with Crippen LogP contribution >= 0.6 is 7.82 Å². The number of aliphatic hydroxyl groups excluding tert-OH is 5. The predicted molar refractivity (Wildman–Crippen MR) is 263 cm³/mol. The Hall–Kier alpha value is -1.67. The first-order valence-electron chi connectivity index (χ1n) is 26.6. The van der Waals surface area contributed by atoms with E-state index in [2.05, 4.69) is 38.2 Å². The molecule has 66 heavy (non-hydrogen) atoms. The van der Waals surface area contributed by atoms with Gasteiger partial charge in [-0.1, -0.05) is 205 Å². The number of unbranched alkanes of at least 4 members (excludes halogenated alkanes) is 29. The zero-order valence-electron chi connectivity index (χ0n) is 41.5. The van der Waals surface area contributed by atoms with Crippen molar-refractivity contribution in [3.8, 4) is 0 Å². The first-order valence-corrected chi connectivity index (χ1v) is 28.1. The topological polar surface area (TPSA) is 210 Å². The fourth-order valence-electron chi connectivity index (χ4n) is 8.26. The summed E-state index contributed by atoms with van der Waals surface area (Å²) in [5.41, 5.74) is 0. The maximum atomic E-state index is 12.9. The van der Waals surface area contributed by atoms with Gasteiger partial charge in [0.15, 0.2) is 6.10 Å². The largest absolute Gasteiger partial charge is 0.472 e. The van der Waals surface area contributed by atoms with Gasteiger partial charge >= 0.3 is 19.8 Å². The molecule has 13 nitrogen and oxygen atoms in total. The maximum absolute atomic E-state index is 12.9. The van der Waals surface area contributed by atoms with Gasteiger partial charge in [-0.3, -0.25) is 18.6 Å². The van der Waals surface area contributed by atoms with E-state index in [9.17, 15) is 44.6 Å². The van der Waals surface area contributed by atoms with E-state index in [1.54, 1.807) is 0 Å². The molecule has 0 heterocycles. The standard InChI is InChI=1S/C52H97O13P/c1-3-5-7-9-11-13-15-17-19-21-22-23-24-25-27-28-30-32-34-36-38-40-45(53)62-42-44(43-63-66(60,61)65-52-50(58)48(56)47(55)49(57)51(52)59)64-46(54)41-39-37-35-33-31-29-26-20-18-16-14-12-10-8-6-4-2/h14,16,20,26,44,47-52,55-59H,3-13,15,17-19,21-25,27-43H2,1-2H3,(H,60,61)/b16-14-,26-20-. The molecule has 6 unspecified atom stereocenters. The Morgan fingerprint density at radius 2 is 0.818 bits per heavy atom. The van der Waals surface area contributed by atoms with Gasteiger partial charge in [-0.25, -0.2) is 4.57 Å². The molecule has 0 aromatic rings. The van der Waals surface area contributed by atoms with E-state index in [1.165, 1.54) is 135 Å². The van der Waals surface area contributed by atoms with Crippen LogP contribution in [0.4, 0.5) is 0 Å². The summed E-state index contributed by atoms with van der Waals surface area (Å²) in [6.45, 7) is 3.31. The highest BCUT2D eigenvalue weighted by molar-refractivity contribution is 7.47. The van der Waals surface area contributed by atoms with Crippen molar-refractivity contribution in [2.24, 2.45) is 0 Å². The molecule has 6 atom stereocenters. The minimum absolute atomic E-state index is 0.0837. The third kappa shape index (κ3) is 33.8. The van der Waals surface area contributed by atoms with Gasteiger partial charge < -0.3 is 39.9 Å². The highest BCUT2D eigenvalue weighted by Gasteiger charge is 2.51. The van der Waals surface area contributed by atoms with Gasteiger partial charge in [-0.2, -0.15) is 0 Å². The molecule has 0 aromatic heterocycles. The Kier molecular flexibility index (Phi) is 39.9. The monoisotopic (exact) mass is 961 g/mol. The summed E-state index contributed by atoms with van der Waals surface area (Å²) in [6, 6.07) is 0. The molecule has 0 spiro atoms. The summed E-state index contributed by atoms with van der Waals surface area (Å²) in [6.07, 6.45) is 35.1. The fourth-order valence-corrected chi connectivity index (χ4v) is 9.23. The van der Waals surface area contributed by atoms with Crippen LogP contribution in [-0.4, -0.2) is 98.3 Å². The third-order valence-electron chi connectivity index (χ3n) is 12.5. The second-order valence-corrected chi connectivity index (χ2v) is 20.1. The Labute approximate surface area is 400 Å². The van der Waals surface area contributed by atoms with Crippen LogP contribution in [0.2, 0.25) is 0 Å². The van der Waals surface area contributed by atoms with Gasteiger partial charge in [0.1, 0.15) is 43.2 Å². The lowest BCUT2D eigenvalue weighted by Gasteiger charge is -2.41. The van der Waals surface area contributed by atoms with Crippen molar-refractivity contribution in [1.29, 1.82) is 0 Å². The summed E-state index contributed by atoms with van der Waals surface area (Å²) in [7, 11) is -5.12. The van der Waals surface area contributed by atoms with E-state index in [1.807, 2.05) is 0 Å². The van der Waals surface area contributed by atoms with Gasteiger partial charge in [-0.05, 0) is 44.9 Å². The molecule has 0 saturated heterocycles. The number of hydrogen-bond acceptors (Lipinski definition) is 12. The van der Waals surface area contributed by atoms with Crippen molar-refractivity contribution in [3.05, 3.63) is 24.3 Å². The second kappa shape index (κ2) is 42.2. The predicted octanol–water partition coefficient (Wildman–Crippen LogP) is 11.6. The zero-order chi connectivity index (χ0) is 48.5. The Balaban J connectivity index is 2.36. The highest BCUT2D eigenvalue weighted by atomic mass is 31.2. The molecular formula is C52H97O13P. The van der Waals surface area contributed by atoms with Crippen LogP contribution in [-0.2, 0) is 32.7 Å². The summed E-state index contributed by atoms with van der Waals surface area (Å²) < 4.78 is 33.6. The molecule has 0 bridgehead atoms. The smallest absolute Gasteiger partial charge is 0.462 e. The molecule has 1 saturated carbocycles. The number of esters is 2. The number of ether oxygens (including phenoxy) is 2. The average molecular weight is 961 g/mol. The molecular weight excluding hydrogens is 864 g/mol. The van der Waals surface area contributed by atoms with Crippen LogP contribution in [0.5, 0.6) is 0 Å². The number of hydrogen-bond donors (Lipinski definition) is 6. The second-order valence-electron chi connectivity index (χ2n) is 18.7. The van der Waals surface area contributed by atoms with E-state index in [-0.39, 0.29) is 12.8 Å². The van der Waals surface area contributed by atoms with Crippen molar-refractivity contribution in [2.75, 3.05) is 13.2 Å². The SMILES string of the molecule is CCCCCC/C=C\C/C=C\CCCCCCCC(=O)OC(COC(=O)CCCCCCCCCCCCCCCCCCCCCCC)COP(=O)(O)OC1C(O)C(O)C(O)C(O)C1O. The van der Waals surface area contributed by atoms with Gasteiger partial charge in [0.25, 0.3) is 0 Å². The molecule has 14 heteroatoms. The molecule has 1 aliphatic carbocycles. The lowest BCUT2D eigenvalue weighted by molar-refractivity contribution is -0.220. The average Bonchev–Trinajstić information content (AvgIpc) is 3.30. The fraction of sp³-hybridized carbons (Fsp3) is 0.885. The summed E-state index contributed by atoms with van der Waals surface area (Å²) in [5, 5.41) is 50.3. The van der Waals surface area contributed by atoms with Crippen molar-refractivity contribution in [2.45, 2.75) is 281 Å². The molecule has 1 rings (SSSR count). The highest BCUT2D eigenvalue weighted by Crippen LogP contribution is 2.47. The van der Waals surface area contributed by atoms with Crippen molar-refractivity contribution < 1.29 is 63.1 Å². The first-order chi connectivity index (χ1) is 31.9. The van der Waals surface area contributed by atoms with Gasteiger partial charge in [0.2, 0.25) is 0 Å². The van der Waals surface area contributed by atoms with E-state index in [4.69, 9.17) is 18.5 Å². The zero-order valence-corrected chi connectivity index (χ0v) is 42.4. The minimum atomic E-state index is -5.12. The number of carbonyl (C=O) groups is 2. The molecule has 0 amide bonds. The molecule has 0 radical (unpaired) electrons. The van der Waals surface area contributed by atoms with Crippen LogP contribution in [0.1, 0.15) is 239 Å². The van der Waals surface area contributed by atoms with Crippen LogP contribution in [0.25, 0.3) is 0 Å². The molecule has 1 fully saturated rings. The normalized spacial score (nSPS) is 21.4. The summed E-state index contributed by atoms with van der Waals surface area (Å²) in [5.74, 6) is -1.10. The van der Waals surface area contributed by atoms with E-state index >= 15 is 0 Å². The van der Waals surface area contributed by atoms with Crippen molar-refractivity contribution in [1.82, 2.24) is 0 Å². The minimum Gasteiger partial charge on any atom is -0.462 e. The lowest BCUT2D eigenvalue weighted by atomic mass is 9.85. The number of rotatable bonds is 45. The Bertz CT molecular complexity index is 1250. The number of phosphoric acid groups is 1. The van der Waals surface area contributed by atoms with E-state index < -0.39 is 75.7 Å². The van der Waals surface area contributed by atoms with Crippen LogP contribution in [0, 0.1) is 0 Å². The van der Waals surface area contributed by atoms with Gasteiger partial charge in [-0.15, -0.1) is 0 Å². The molecule has 0 aromatic carbocycles. The molecule has 388 valence electrons. The van der Waals surface area contributed by atoms with Crippen LogP contribution < -0.4 is 0 Å². The first kappa shape index (κ1) is 62.3. The molecule has 6 N–H and O–H groups in total. The quantitative estimate of drug-likeness (QED) is 0.0145. The van der Waals surface area contributed by atoms with Gasteiger partial charge in [0, 0.05) is 12.8 Å². The third-order valence-corrected chi connectivity index (χ3v) is 13.5. The Morgan fingerprint density at radius 1 is 0.470 bits per heavy atom. The summed E-state index contributed by atoms with van der Waals surface area (Å²) in [4.78, 5) is 35.8. The number of allylic oxidation sites excluding steroid dienone is 4. The Morgan fingerprint density at radius 3 is 1.24 bits per heavy atom. The molecule has 1 aliphatic rings. The molecule has 0 aliphatic heterocycles. The number of carbonyl (C=O) groups excluding carboxylic acids is 2.